The van der Waals surface area contributed by atoms with Crippen LogP contribution in [0, 0.1) is 29.0 Å². The Labute approximate surface area is 177 Å². The van der Waals surface area contributed by atoms with Gasteiger partial charge in [0.2, 0.25) is 0 Å². The number of hydrogen-bond acceptors (Lipinski definition) is 4. The minimum atomic E-state index is -0.286. The van der Waals surface area contributed by atoms with Gasteiger partial charge in [0.05, 0.1) is 16.2 Å². The fraction of sp³-hybridized carbons (Fsp3) is 0.545. The van der Waals surface area contributed by atoms with Crippen LogP contribution in [0.2, 0.25) is 0 Å². The molecule has 146 valence electrons. The van der Waals surface area contributed by atoms with Crippen molar-refractivity contribution in [2.24, 2.45) is 11.8 Å². The van der Waals surface area contributed by atoms with Crippen LogP contribution in [0.3, 0.4) is 0 Å². The number of halogens is 2. The Kier molecular flexibility index (Phi) is 4.79. The number of hydrogen-bond donors (Lipinski definition) is 0. The molecule has 0 radical (unpaired) electrons. The summed E-state index contributed by atoms with van der Waals surface area (Å²) in [5.74, 6) is 1.32. The van der Waals surface area contributed by atoms with E-state index in [9.17, 15) is 0 Å². The van der Waals surface area contributed by atoms with Gasteiger partial charge in [-0.2, -0.15) is 5.26 Å². The second-order valence-electron chi connectivity index (χ2n) is 8.29. The van der Waals surface area contributed by atoms with Crippen LogP contribution < -0.4 is 4.90 Å². The number of fused-ring (bicyclic) bond motifs is 4. The summed E-state index contributed by atoms with van der Waals surface area (Å²) in [5.41, 5.74) is 3.86. The molecule has 4 aliphatic rings. The molecule has 1 aromatic heterocycles. The van der Waals surface area contributed by atoms with Gasteiger partial charge in [-0.05, 0) is 84.2 Å². The molecule has 0 saturated heterocycles. The van der Waals surface area contributed by atoms with Crippen LogP contribution in [-0.4, -0.2) is 23.8 Å². The zero-order valence-corrected chi connectivity index (χ0v) is 18.4. The van der Waals surface area contributed by atoms with E-state index in [4.69, 9.17) is 10.2 Å². The normalized spacial score (nSPS) is 25.5. The predicted molar refractivity (Wildman–Crippen MR) is 115 cm³/mol. The molecule has 6 rings (SSSR count). The van der Waals surface area contributed by atoms with E-state index in [2.05, 4.69) is 33.0 Å². The number of aryl methyl sites for hydroxylation is 1. The van der Waals surface area contributed by atoms with Crippen LogP contribution in [0.1, 0.15) is 43.2 Å². The first-order valence-electron chi connectivity index (χ1n) is 10.1. The minimum Gasteiger partial charge on any atom is -0.367 e. The molecule has 3 fully saturated rings. The van der Waals surface area contributed by atoms with E-state index in [-0.39, 0.29) is 5.82 Å². The van der Waals surface area contributed by atoms with Crippen LogP contribution in [0.25, 0.3) is 10.9 Å². The molecule has 3 aliphatic carbocycles. The van der Waals surface area contributed by atoms with Gasteiger partial charge in [0.1, 0.15) is 10.5 Å². The Hall–Kier alpha value is -1.32. The van der Waals surface area contributed by atoms with Crippen molar-refractivity contribution in [3.8, 4) is 6.07 Å². The molecule has 2 heterocycles. The Bertz CT molecular complexity index is 988. The first kappa shape index (κ1) is 18.7. The van der Waals surface area contributed by atoms with Gasteiger partial charge in [0.25, 0.3) is 0 Å². The molecule has 3 nitrogen and oxygen atoms in total. The van der Waals surface area contributed by atoms with E-state index >= 15 is 4.39 Å². The van der Waals surface area contributed by atoms with E-state index in [0.29, 0.717) is 28.9 Å². The second-order valence-corrected chi connectivity index (χ2v) is 9.87. The molecule has 2 atom stereocenters. The Balaban J connectivity index is 1.74. The fourth-order valence-electron chi connectivity index (χ4n) is 5.69. The van der Waals surface area contributed by atoms with Gasteiger partial charge in [-0.3, -0.25) is 0 Å². The van der Waals surface area contributed by atoms with Crippen molar-refractivity contribution in [3.05, 3.63) is 27.5 Å². The molecule has 2 aromatic rings. The maximum absolute atomic E-state index is 15.3. The van der Waals surface area contributed by atoms with Crippen LogP contribution in [0.15, 0.2) is 15.6 Å². The third-order valence-corrected chi connectivity index (χ3v) is 8.50. The SMILES string of the molecule is CSc1nc2c(F)c(Br)c(CCC#N)cc2c2c1CCCN2C1C2CCC1C2. The number of benzene rings is 1. The molecule has 1 aromatic carbocycles. The minimum absolute atomic E-state index is 0.286. The lowest BCUT2D eigenvalue weighted by molar-refractivity contribution is 0.223. The quantitative estimate of drug-likeness (QED) is 0.536. The number of anilines is 1. The summed E-state index contributed by atoms with van der Waals surface area (Å²) in [5, 5.41) is 10.9. The third kappa shape index (κ3) is 2.69. The summed E-state index contributed by atoms with van der Waals surface area (Å²) < 4.78 is 15.8. The van der Waals surface area contributed by atoms with E-state index in [1.807, 2.05) is 6.26 Å². The highest BCUT2D eigenvalue weighted by atomic mass is 79.9. The zero-order valence-electron chi connectivity index (χ0n) is 16.0. The summed E-state index contributed by atoms with van der Waals surface area (Å²) in [4.78, 5) is 7.35. The van der Waals surface area contributed by atoms with Crippen LogP contribution in [0.4, 0.5) is 10.1 Å². The van der Waals surface area contributed by atoms with Gasteiger partial charge < -0.3 is 4.90 Å². The molecule has 2 unspecified atom stereocenters. The first-order chi connectivity index (χ1) is 13.6. The molecule has 2 bridgehead atoms. The number of rotatable bonds is 4. The van der Waals surface area contributed by atoms with E-state index < -0.39 is 0 Å². The van der Waals surface area contributed by atoms with Crippen molar-refractivity contribution < 1.29 is 4.39 Å². The molecule has 6 heteroatoms. The lowest BCUT2D eigenvalue weighted by Gasteiger charge is -2.48. The van der Waals surface area contributed by atoms with Gasteiger partial charge in [0, 0.05) is 30.0 Å². The van der Waals surface area contributed by atoms with Crippen molar-refractivity contribution in [1.82, 2.24) is 4.98 Å². The monoisotopic (exact) mass is 459 g/mol. The van der Waals surface area contributed by atoms with Crippen LogP contribution in [0.5, 0.6) is 0 Å². The molecule has 1 aliphatic heterocycles. The standard InChI is InChI=1S/C22H23BrFN3S/c1-28-22-15-5-3-9-27(20-13-6-7-14(20)10-13)21(15)16-11-12(4-2-8-25)17(23)18(24)19(16)26-22/h11,13-14,20H,2-7,9-10H2,1H3. The van der Waals surface area contributed by atoms with Gasteiger partial charge in [-0.25, -0.2) is 9.37 Å². The number of pyridine rings is 1. The van der Waals surface area contributed by atoms with Gasteiger partial charge in [-0.15, -0.1) is 11.8 Å². The summed E-state index contributed by atoms with van der Waals surface area (Å²) in [6, 6.07) is 4.90. The van der Waals surface area contributed by atoms with Crippen molar-refractivity contribution in [2.45, 2.75) is 56.0 Å². The first-order valence-corrected chi connectivity index (χ1v) is 12.2. The maximum Gasteiger partial charge on any atom is 0.163 e. The molecule has 0 spiro atoms. The molecule has 3 saturated carbocycles. The van der Waals surface area contributed by atoms with Crippen LogP contribution in [-0.2, 0) is 12.8 Å². The lowest BCUT2D eigenvalue weighted by atomic mass is 9.76. The summed E-state index contributed by atoms with van der Waals surface area (Å²) >= 11 is 5.05. The average Bonchev–Trinajstić information content (AvgIpc) is 3.34. The second kappa shape index (κ2) is 7.18. The Morgan fingerprint density at radius 1 is 1.39 bits per heavy atom. The number of nitriles is 1. The number of aromatic nitrogens is 1. The lowest BCUT2D eigenvalue weighted by Crippen LogP contribution is -2.51. The number of nitrogens with zero attached hydrogens (tertiary/aromatic N) is 3. The highest BCUT2D eigenvalue weighted by Crippen LogP contribution is 2.54. The van der Waals surface area contributed by atoms with Gasteiger partial charge in [0.15, 0.2) is 5.82 Å². The van der Waals surface area contributed by atoms with E-state index in [1.54, 1.807) is 11.8 Å². The van der Waals surface area contributed by atoms with E-state index in [1.165, 1.54) is 30.5 Å². The molecule has 28 heavy (non-hydrogen) atoms. The summed E-state index contributed by atoms with van der Waals surface area (Å²) in [7, 11) is 0. The van der Waals surface area contributed by atoms with Crippen molar-refractivity contribution in [1.29, 1.82) is 5.26 Å². The van der Waals surface area contributed by atoms with Crippen LogP contribution >= 0.6 is 27.7 Å². The van der Waals surface area contributed by atoms with Gasteiger partial charge in [-0.1, -0.05) is 0 Å². The van der Waals surface area contributed by atoms with Crippen molar-refractivity contribution >= 4 is 44.3 Å². The Morgan fingerprint density at radius 2 is 2.18 bits per heavy atom. The van der Waals surface area contributed by atoms with Crippen molar-refractivity contribution in [2.75, 3.05) is 17.7 Å². The fourth-order valence-corrected chi connectivity index (χ4v) is 6.82. The molecular formula is C22H23BrFN3S. The Morgan fingerprint density at radius 3 is 2.86 bits per heavy atom. The highest BCUT2D eigenvalue weighted by molar-refractivity contribution is 9.10. The smallest absolute Gasteiger partial charge is 0.163 e. The molecular weight excluding hydrogens is 437 g/mol. The largest absolute Gasteiger partial charge is 0.367 e. The van der Waals surface area contributed by atoms with E-state index in [0.717, 1.165) is 47.2 Å². The third-order valence-electron chi connectivity index (χ3n) is 6.92. The van der Waals surface area contributed by atoms with Gasteiger partial charge >= 0.3 is 0 Å². The summed E-state index contributed by atoms with van der Waals surface area (Å²) in [6.07, 6.45) is 9.18. The average molecular weight is 460 g/mol. The maximum atomic E-state index is 15.3. The van der Waals surface area contributed by atoms with Crippen molar-refractivity contribution in [3.63, 3.8) is 0 Å². The predicted octanol–water partition coefficient (Wildman–Crippen LogP) is 5.87. The summed E-state index contributed by atoms with van der Waals surface area (Å²) in [6.45, 7) is 1.06. The zero-order chi connectivity index (χ0) is 19.4. The number of thioether (sulfide) groups is 1. The highest BCUT2D eigenvalue weighted by Gasteiger charge is 2.50. The molecule has 0 amide bonds. The molecule has 0 N–H and O–H groups in total. The topological polar surface area (TPSA) is 39.9 Å².